The van der Waals surface area contributed by atoms with Crippen LogP contribution in [0.4, 0.5) is 14.4 Å². The number of nitrogens with one attached hydrogen (secondary N) is 2. The second-order valence-corrected chi connectivity index (χ2v) is 2.02. The molecule has 0 aliphatic carbocycles. The number of halogens is 1. The number of urea groups is 1. The van der Waals surface area contributed by atoms with E-state index in [0.29, 0.717) is 0 Å². The quantitative estimate of drug-likeness (QED) is 0.739. The topological polar surface area (TPSA) is 93.7 Å². The molecular weight excluding hydrogens is 329 g/mol. The number of carbonyl (C=O) groups is 3. The van der Waals surface area contributed by atoms with Crippen molar-refractivity contribution in [3.8, 4) is 0 Å². The molecule has 0 aromatic rings. The van der Waals surface area contributed by atoms with Crippen molar-refractivity contribution in [2.75, 3.05) is 13.2 Å². The molecule has 4 amide bonds. The van der Waals surface area contributed by atoms with Gasteiger partial charge in [-0.05, 0) is 13.8 Å². The van der Waals surface area contributed by atoms with Crippen LogP contribution < -0.4 is 10.6 Å². The van der Waals surface area contributed by atoms with Gasteiger partial charge < -0.3 is 9.47 Å². The Hall–Kier alpha value is -0.877. The SMILES string of the molecule is CCOC(=O)NC(=O)NC(=O)OCC.[Cl][Ru+]. The van der Waals surface area contributed by atoms with Gasteiger partial charge in [-0.2, -0.15) is 0 Å². The molecule has 9 heteroatoms. The Morgan fingerprint density at radius 1 is 1.00 bits per heavy atom. The van der Waals surface area contributed by atoms with Gasteiger partial charge in [-0.1, -0.05) is 0 Å². The third-order valence-corrected chi connectivity index (χ3v) is 0.982. The van der Waals surface area contributed by atoms with Gasteiger partial charge in [0.2, 0.25) is 0 Å². The fraction of sp³-hybridized carbons (Fsp3) is 0.571. The summed E-state index contributed by atoms with van der Waals surface area (Å²) in [7, 11) is 4.57. The number of carbonyl (C=O) groups excluding carboxylic acids is 3. The van der Waals surface area contributed by atoms with Crippen molar-refractivity contribution in [3.05, 3.63) is 0 Å². The Kier molecular flexibility index (Phi) is 13.3. The van der Waals surface area contributed by atoms with E-state index in [0.717, 1.165) is 0 Å². The molecule has 0 aromatic heterocycles. The molecule has 0 bridgehead atoms. The van der Waals surface area contributed by atoms with Gasteiger partial charge in [0.25, 0.3) is 0 Å². The number of hydrogen-bond acceptors (Lipinski definition) is 5. The van der Waals surface area contributed by atoms with Crippen LogP contribution in [0, 0.1) is 0 Å². The minimum absolute atomic E-state index is 0.137. The summed E-state index contributed by atoms with van der Waals surface area (Å²) in [6.07, 6.45) is -1.84. The van der Waals surface area contributed by atoms with Crippen molar-refractivity contribution in [1.82, 2.24) is 10.6 Å². The Morgan fingerprint density at radius 2 is 1.31 bits per heavy atom. The van der Waals surface area contributed by atoms with E-state index in [1.54, 1.807) is 24.5 Å². The Morgan fingerprint density at radius 3 is 1.56 bits per heavy atom. The fourth-order valence-corrected chi connectivity index (χ4v) is 0.551. The first-order valence-corrected chi connectivity index (χ1v) is 6.38. The van der Waals surface area contributed by atoms with E-state index >= 15 is 0 Å². The molecule has 0 aliphatic rings. The van der Waals surface area contributed by atoms with E-state index in [2.05, 4.69) is 19.2 Å². The summed E-state index contributed by atoms with van der Waals surface area (Å²) in [4.78, 5) is 32.1. The van der Waals surface area contributed by atoms with Crippen LogP contribution >= 0.6 is 9.69 Å². The normalized spacial score (nSPS) is 8.00. The maximum atomic E-state index is 10.8. The maximum absolute atomic E-state index is 10.8. The molecule has 0 aliphatic heterocycles. The molecule has 0 radical (unpaired) electrons. The van der Waals surface area contributed by atoms with E-state index in [-0.39, 0.29) is 13.2 Å². The van der Waals surface area contributed by atoms with E-state index in [1.165, 1.54) is 0 Å². The summed E-state index contributed by atoms with van der Waals surface area (Å²) in [6.45, 7) is 3.45. The van der Waals surface area contributed by atoms with Crippen LogP contribution in [0.5, 0.6) is 0 Å². The van der Waals surface area contributed by atoms with Crippen molar-refractivity contribution in [2.24, 2.45) is 0 Å². The number of ether oxygens (including phenoxy) is 2. The predicted octanol–water partition coefficient (Wildman–Crippen LogP) is 1.29. The van der Waals surface area contributed by atoms with Gasteiger partial charge in [0, 0.05) is 0 Å². The number of rotatable bonds is 2. The van der Waals surface area contributed by atoms with Crippen LogP contribution in [0.3, 0.4) is 0 Å². The van der Waals surface area contributed by atoms with Gasteiger partial charge in [0.05, 0.1) is 13.2 Å². The third kappa shape index (κ3) is 11.2. The number of amides is 4. The Balaban J connectivity index is 0. The average molecular weight is 341 g/mol. The van der Waals surface area contributed by atoms with Gasteiger partial charge >= 0.3 is 45.2 Å². The average Bonchev–Trinajstić information content (AvgIpc) is 2.20. The van der Waals surface area contributed by atoms with Crippen LogP contribution in [0.1, 0.15) is 13.8 Å². The Labute approximate surface area is 107 Å². The molecule has 0 aromatic carbocycles. The summed E-state index contributed by atoms with van der Waals surface area (Å²) >= 11 is 1.82. The molecular formula is C7H12ClN2O5Ru+. The van der Waals surface area contributed by atoms with Crippen LogP contribution in [-0.4, -0.2) is 31.4 Å². The number of hydrogen-bond donors (Lipinski definition) is 2. The molecule has 0 spiro atoms. The van der Waals surface area contributed by atoms with E-state index in [4.69, 9.17) is 0 Å². The first-order valence-electron chi connectivity index (χ1n) is 4.15. The zero-order valence-electron chi connectivity index (χ0n) is 8.69. The second kappa shape index (κ2) is 12.2. The van der Waals surface area contributed by atoms with Gasteiger partial charge in [-0.25, -0.2) is 25.0 Å². The molecule has 2 N–H and O–H groups in total. The predicted molar refractivity (Wildman–Crippen MR) is 51.6 cm³/mol. The molecule has 0 rings (SSSR count). The zero-order chi connectivity index (χ0) is 13.0. The van der Waals surface area contributed by atoms with E-state index in [1.807, 2.05) is 17.3 Å². The molecule has 0 saturated carbocycles. The van der Waals surface area contributed by atoms with Crippen LogP contribution in [0.15, 0.2) is 0 Å². The molecule has 0 unspecified atom stereocenters. The van der Waals surface area contributed by atoms with Gasteiger partial charge in [0.15, 0.2) is 0 Å². The molecule has 0 atom stereocenters. The molecule has 16 heavy (non-hydrogen) atoms. The fourth-order valence-electron chi connectivity index (χ4n) is 0.551. The summed E-state index contributed by atoms with van der Waals surface area (Å²) in [5.74, 6) is 0. The van der Waals surface area contributed by atoms with Crippen LogP contribution in [0.2, 0.25) is 0 Å². The van der Waals surface area contributed by atoms with Gasteiger partial charge in [0.1, 0.15) is 0 Å². The minimum atomic E-state index is -0.984. The van der Waals surface area contributed by atoms with Crippen molar-refractivity contribution >= 4 is 27.9 Å². The third-order valence-electron chi connectivity index (χ3n) is 0.982. The first-order chi connectivity index (χ1) is 7.60. The van der Waals surface area contributed by atoms with Crippen molar-refractivity contribution in [2.45, 2.75) is 13.8 Å². The van der Waals surface area contributed by atoms with Crippen LogP contribution in [0.25, 0.3) is 0 Å². The summed E-state index contributed by atoms with van der Waals surface area (Å²) in [5, 5.41) is 3.52. The Bertz CT molecular complexity index is 217. The van der Waals surface area contributed by atoms with Crippen molar-refractivity contribution in [1.29, 1.82) is 0 Å². The van der Waals surface area contributed by atoms with E-state index in [9.17, 15) is 14.4 Å². The van der Waals surface area contributed by atoms with Crippen LogP contribution in [-0.2, 0) is 26.8 Å². The molecule has 0 heterocycles. The first kappa shape index (κ1) is 17.5. The molecule has 94 valence electrons. The molecule has 7 nitrogen and oxygen atoms in total. The summed E-state index contributed by atoms with van der Waals surface area (Å²) in [6, 6.07) is -0.984. The van der Waals surface area contributed by atoms with Crippen molar-refractivity contribution in [3.63, 3.8) is 0 Å². The van der Waals surface area contributed by atoms with Gasteiger partial charge in [-0.3, -0.25) is 0 Å². The molecule has 0 saturated heterocycles. The van der Waals surface area contributed by atoms with Gasteiger partial charge in [-0.15, -0.1) is 0 Å². The summed E-state index contributed by atoms with van der Waals surface area (Å²) in [5.41, 5.74) is 0. The van der Waals surface area contributed by atoms with E-state index < -0.39 is 18.2 Å². The number of imide groups is 2. The monoisotopic (exact) mass is 341 g/mol. The number of alkyl carbamates (subject to hydrolysis) is 2. The standard InChI is InChI=1S/C7H12N2O5.ClH.Ru/c1-3-13-6(11)8-5(10)9-7(12)14-4-2;;/h3-4H2,1-2H3,(H2,8,9,10,11,12);1H;/q;;+2/p-1. The van der Waals surface area contributed by atoms with Crippen molar-refractivity contribution < 1.29 is 41.2 Å². The zero-order valence-corrected chi connectivity index (χ0v) is 11.2. The second-order valence-electron chi connectivity index (χ2n) is 2.02. The summed E-state index contributed by atoms with van der Waals surface area (Å²) < 4.78 is 8.78. The molecule has 0 fully saturated rings.